The Bertz CT molecular complexity index is 1640. The maximum absolute atomic E-state index is 13.1. The van der Waals surface area contributed by atoms with Gasteiger partial charge in [0.25, 0.3) is 0 Å². The largest absolute Gasteiger partial charge is 0.479 e. The number of esters is 3. The van der Waals surface area contributed by atoms with Gasteiger partial charge in [-0.15, -0.1) is 0 Å². The van der Waals surface area contributed by atoms with Gasteiger partial charge in [-0.2, -0.15) is 0 Å². The second-order valence-corrected chi connectivity index (χ2v) is 18.8. The van der Waals surface area contributed by atoms with Crippen molar-refractivity contribution in [3.63, 3.8) is 0 Å². The first-order valence-corrected chi connectivity index (χ1v) is 28.2. The Hall–Kier alpha value is -4.36. The number of aliphatic hydroxyl groups is 2. The first-order chi connectivity index (χ1) is 35.6. The second-order valence-electron chi connectivity index (χ2n) is 18.8. The number of hydrogen-bond acceptors (Lipinski definition) is 11. The Morgan fingerprint density at radius 1 is 0.466 bits per heavy atom. The van der Waals surface area contributed by atoms with Crippen LogP contribution in [0.5, 0.6) is 0 Å². The highest BCUT2D eigenvalue weighted by Crippen LogP contribution is 2.26. The van der Waals surface area contributed by atoms with Crippen LogP contribution in [0.4, 0.5) is 0 Å². The molecule has 0 bridgehead atoms. The van der Waals surface area contributed by atoms with E-state index in [1.807, 2.05) is 0 Å². The van der Waals surface area contributed by atoms with Crippen molar-refractivity contribution in [1.29, 1.82) is 0 Å². The molecule has 6 unspecified atom stereocenters. The summed E-state index contributed by atoms with van der Waals surface area (Å²) in [7, 11) is 0. The Kier molecular flexibility index (Phi) is 44.4. The summed E-state index contributed by atoms with van der Waals surface area (Å²) in [5.74, 6) is -3.22. The van der Waals surface area contributed by atoms with E-state index in [4.69, 9.17) is 23.7 Å². The van der Waals surface area contributed by atoms with Crippen LogP contribution >= 0.6 is 0 Å². The lowest BCUT2D eigenvalue weighted by atomic mass is 9.98. The van der Waals surface area contributed by atoms with Gasteiger partial charge in [0, 0.05) is 19.3 Å². The van der Waals surface area contributed by atoms with Crippen LogP contribution in [0.25, 0.3) is 0 Å². The van der Waals surface area contributed by atoms with Crippen molar-refractivity contribution >= 4 is 23.9 Å². The van der Waals surface area contributed by atoms with E-state index in [2.05, 4.69) is 118 Å². The second kappa shape index (κ2) is 48.6. The van der Waals surface area contributed by atoms with Gasteiger partial charge in [-0.3, -0.25) is 14.4 Å². The van der Waals surface area contributed by atoms with E-state index in [9.17, 15) is 34.5 Å². The molecule has 1 rings (SSSR count). The standard InChI is InChI=1S/C61H98O12/c1-4-7-10-13-16-19-22-25-27-30-32-35-38-41-44-47-53(62)69-50-52(71-54(63)48-45-42-39-36-33-29-24-21-18-15-12-9-6-3)51-70-61-59(57(66)56(65)58(73-61)60(67)68)72-55(64)49-46-43-40-37-34-31-28-26-23-20-17-14-11-8-5-2/h7-8,10-11,16-17,19-21,24-28,34,37,52,56-59,61,65-66H,4-6,9,12-15,18,22-23,29-33,35-36,38-51H2,1-3H3,(H,67,68)/b10-7-,11-8-,19-16-,20-17-,24-21-,27-25-,28-26-,37-34-. The van der Waals surface area contributed by atoms with Gasteiger partial charge in [-0.05, 0) is 116 Å². The van der Waals surface area contributed by atoms with Crippen LogP contribution in [0.3, 0.4) is 0 Å². The molecular formula is C61H98O12. The van der Waals surface area contributed by atoms with Crippen molar-refractivity contribution in [2.24, 2.45) is 0 Å². The molecule has 73 heavy (non-hydrogen) atoms. The minimum atomic E-state index is -1.92. The lowest BCUT2D eigenvalue weighted by Crippen LogP contribution is -2.61. The van der Waals surface area contributed by atoms with E-state index >= 15 is 0 Å². The highest BCUT2D eigenvalue weighted by atomic mass is 16.7. The van der Waals surface area contributed by atoms with Crippen LogP contribution in [0.15, 0.2) is 97.2 Å². The summed E-state index contributed by atoms with van der Waals surface area (Å²) in [6.07, 6.45) is 51.0. The van der Waals surface area contributed by atoms with Gasteiger partial charge in [0.05, 0.1) is 6.61 Å². The molecule has 6 atom stereocenters. The maximum Gasteiger partial charge on any atom is 0.335 e. The molecule has 1 aliphatic heterocycles. The molecule has 1 heterocycles. The SMILES string of the molecule is CC/C=C\C/C=C\C/C=C\C/C=C\CCCCC(=O)OC1C(OCC(COC(=O)CCCCCCC/C=C\C/C=C\C/C=C\CC)OC(=O)CCCCCCC/C=C\CCCCCC)OC(C(=O)O)C(O)C1O. The zero-order valence-corrected chi connectivity index (χ0v) is 45.3. The molecule has 0 radical (unpaired) electrons. The van der Waals surface area contributed by atoms with Crippen LogP contribution in [0.2, 0.25) is 0 Å². The van der Waals surface area contributed by atoms with Gasteiger partial charge >= 0.3 is 23.9 Å². The van der Waals surface area contributed by atoms with Crippen molar-refractivity contribution in [1.82, 2.24) is 0 Å². The molecule has 12 nitrogen and oxygen atoms in total. The number of carboxylic acid groups (broad SMARTS) is 1. The fourth-order valence-corrected chi connectivity index (χ4v) is 7.84. The number of aliphatic hydroxyl groups excluding tert-OH is 2. The van der Waals surface area contributed by atoms with Gasteiger partial charge in [0.1, 0.15) is 18.8 Å². The summed E-state index contributed by atoms with van der Waals surface area (Å²) < 4.78 is 28.3. The molecule has 12 heteroatoms. The van der Waals surface area contributed by atoms with Crippen LogP contribution in [-0.2, 0) is 42.9 Å². The maximum atomic E-state index is 13.1. The molecule has 3 N–H and O–H groups in total. The van der Waals surface area contributed by atoms with Crippen molar-refractivity contribution in [2.75, 3.05) is 13.2 Å². The van der Waals surface area contributed by atoms with E-state index in [1.54, 1.807) is 0 Å². The summed E-state index contributed by atoms with van der Waals surface area (Å²) in [4.78, 5) is 51.0. The van der Waals surface area contributed by atoms with E-state index in [1.165, 1.54) is 25.7 Å². The molecule has 0 aromatic carbocycles. The molecule has 0 saturated carbocycles. The molecular weight excluding hydrogens is 925 g/mol. The van der Waals surface area contributed by atoms with Gasteiger partial charge in [0.2, 0.25) is 0 Å². The molecule has 0 aromatic rings. The average Bonchev–Trinajstić information content (AvgIpc) is 3.37. The van der Waals surface area contributed by atoms with Crippen LogP contribution in [0.1, 0.15) is 213 Å². The third-order valence-electron chi connectivity index (χ3n) is 12.1. The number of carbonyl (C=O) groups excluding carboxylic acids is 3. The Labute approximate surface area is 441 Å². The predicted octanol–water partition coefficient (Wildman–Crippen LogP) is 14.1. The fraction of sp³-hybridized carbons (Fsp3) is 0.672. The quantitative estimate of drug-likeness (QED) is 0.0228. The van der Waals surface area contributed by atoms with Gasteiger partial charge in [0.15, 0.2) is 24.6 Å². The average molecular weight is 1020 g/mol. The summed E-state index contributed by atoms with van der Waals surface area (Å²) in [6.45, 7) is 5.69. The summed E-state index contributed by atoms with van der Waals surface area (Å²) >= 11 is 0. The van der Waals surface area contributed by atoms with Crippen LogP contribution in [0, 0.1) is 0 Å². The highest BCUT2D eigenvalue weighted by Gasteiger charge is 2.50. The number of ether oxygens (including phenoxy) is 5. The van der Waals surface area contributed by atoms with E-state index in [-0.39, 0.29) is 25.9 Å². The number of carbonyl (C=O) groups is 4. The normalized spacial score (nSPS) is 19.1. The topological polar surface area (TPSA) is 175 Å². The van der Waals surface area contributed by atoms with Crippen LogP contribution < -0.4 is 0 Å². The number of unbranched alkanes of at least 4 members (excludes halogenated alkanes) is 16. The Morgan fingerprint density at radius 3 is 1.36 bits per heavy atom. The number of hydrogen-bond donors (Lipinski definition) is 3. The minimum Gasteiger partial charge on any atom is -0.479 e. The lowest BCUT2D eigenvalue weighted by Gasteiger charge is -2.40. The fourth-order valence-electron chi connectivity index (χ4n) is 7.84. The number of rotatable bonds is 46. The zero-order chi connectivity index (χ0) is 53.3. The van der Waals surface area contributed by atoms with Crippen molar-refractivity contribution < 1.29 is 58.2 Å². The highest BCUT2D eigenvalue weighted by molar-refractivity contribution is 5.74. The molecule has 0 aromatic heterocycles. The summed E-state index contributed by atoms with van der Waals surface area (Å²) in [5, 5.41) is 31.4. The predicted molar refractivity (Wildman–Crippen MR) is 294 cm³/mol. The molecule has 1 saturated heterocycles. The number of carboxylic acids is 1. The molecule has 1 fully saturated rings. The van der Waals surface area contributed by atoms with Crippen molar-refractivity contribution in [3.05, 3.63) is 97.2 Å². The van der Waals surface area contributed by atoms with Crippen molar-refractivity contribution in [2.45, 2.75) is 250 Å². The number of allylic oxidation sites excluding steroid dienone is 16. The molecule has 1 aliphatic rings. The Balaban J connectivity index is 2.76. The Morgan fingerprint density at radius 2 is 0.863 bits per heavy atom. The van der Waals surface area contributed by atoms with Crippen molar-refractivity contribution in [3.8, 4) is 0 Å². The monoisotopic (exact) mass is 1020 g/mol. The number of aliphatic carboxylic acids is 1. The molecule has 0 amide bonds. The lowest BCUT2D eigenvalue weighted by molar-refractivity contribution is -0.301. The zero-order valence-electron chi connectivity index (χ0n) is 45.3. The molecule has 414 valence electrons. The molecule has 0 aliphatic carbocycles. The summed E-state index contributed by atoms with van der Waals surface area (Å²) in [6, 6.07) is 0. The van der Waals surface area contributed by atoms with Gasteiger partial charge in [-0.1, -0.05) is 176 Å². The van der Waals surface area contributed by atoms with E-state index < -0.39 is 67.3 Å². The smallest absolute Gasteiger partial charge is 0.335 e. The summed E-state index contributed by atoms with van der Waals surface area (Å²) in [5.41, 5.74) is 0. The first kappa shape index (κ1) is 66.7. The molecule has 0 spiro atoms. The van der Waals surface area contributed by atoms with E-state index in [0.29, 0.717) is 25.7 Å². The van der Waals surface area contributed by atoms with Gasteiger partial charge in [-0.25, -0.2) is 4.79 Å². The third kappa shape index (κ3) is 38.8. The third-order valence-corrected chi connectivity index (χ3v) is 12.1. The first-order valence-electron chi connectivity index (χ1n) is 28.2. The van der Waals surface area contributed by atoms with Gasteiger partial charge < -0.3 is 39.0 Å². The van der Waals surface area contributed by atoms with Crippen LogP contribution in [-0.4, -0.2) is 89.2 Å². The minimum absolute atomic E-state index is 0.00149. The van der Waals surface area contributed by atoms with E-state index in [0.717, 1.165) is 122 Å².